The van der Waals surface area contributed by atoms with Gasteiger partial charge in [0.1, 0.15) is 0 Å². The van der Waals surface area contributed by atoms with E-state index in [1.807, 2.05) is 14.1 Å². The van der Waals surface area contributed by atoms with Crippen molar-refractivity contribution in [2.75, 3.05) is 32.1 Å². The lowest BCUT2D eigenvalue weighted by atomic mass is 10.2. The van der Waals surface area contributed by atoms with Crippen molar-refractivity contribution in [3.8, 4) is 0 Å². The van der Waals surface area contributed by atoms with E-state index in [2.05, 4.69) is 17.1 Å². The average Bonchev–Trinajstić information content (AvgIpc) is 2.42. The topological polar surface area (TPSA) is 49.4 Å². The quantitative estimate of drug-likeness (QED) is 0.733. The van der Waals surface area contributed by atoms with Crippen LogP contribution in [0.3, 0.4) is 0 Å². The normalized spacial score (nSPS) is 27.1. The Morgan fingerprint density at radius 3 is 2.60 bits per heavy atom. The van der Waals surface area contributed by atoms with Crippen molar-refractivity contribution >= 4 is 9.84 Å². The summed E-state index contributed by atoms with van der Waals surface area (Å²) >= 11 is 0. The maximum Gasteiger partial charge on any atom is 0.151 e. The zero-order valence-electron chi connectivity index (χ0n) is 9.86. The van der Waals surface area contributed by atoms with Gasteiger partial charge in [-0.15, -0.1) is 0 Å². The summed E-state index contributed by atoms with van der Waals surface area (Å²) in [7, 11) is 1.35. The van der Waals surface area contributed by atoms with Gasteiger partial charge >= 0.3 is 0 Å². The van der Waals surface area contributed by atoms with E-state index >= 15 is 0 Å². The molecule has 2 unspecified atom stereocenters. The van der Waals surface area contributed by atoms with E-state index in [1.165, 1.54) is 0 Å². The fourth-order valence-electron chi connectivity index (χ4n) is 1.86. The molecule has 0 saturated carbocycles. The highest BCUT2D eigenvalue weighted by atomic mass is 32.2. The SMILES string of the molecule is CC(CCN(C)C)NC1CCS(=O)(=O)C1. The van der Waals surface area contributed by atoms with Gasteiger partial charge in [-0.1, -0.05) is 0 Å². The van der Waals surface area contributed by atoms with E-state index in [0.717, 1.165) is 19.4 Å². The van der Waals surface area contributed by atoms with Crippen LogP contribution in [0.1, 0.15) is 19.8 Å². The molecule has 4 nitrogen and oxygen atoms in total. The van der Waals surface area contributed by atoms with Gasteiger partial charge in [0, 0.05) is 12.1 Å². The fourth-order valence-corrected chi connectivity index (χ4v) is 3.55. The van der Waals surface area contributed by atoms with Crippen molar-refractivity contribution in [1.82, 2.24) is 10.2 Å². The van der Waals surface area contributed by atoms with E-state index in [-0.39, 0.29) is 6.04 Å². The molecule has 0 bridgehead atoms. The lowest BCUT2D eigenvalue weighted by Gasteiger charge is -2.20. The Balaban J connectivity index is 2.24. The van der Waals surface area contributed by atoms with E-state index in [0.29, 0.717) is 17.5 Å². The molecule has 1 aliphatic rings. The first-order valence-corrected chi connectivity index (χ1v) is 7.32. The molecule has 0 aliphatic carbocycles. The smallest absolute Gasteiger partial charge is 0.151 e. The molecule has 1 N–H and O–H groups in total. The molecule has 15 heavy (non-hydrogen) atoms. The molecule has 0 spiro atoms. The summed E-state index contributed by atoms with van der Waals surface area (Å²) in [4.78, 5) is 2.14. The largest absolute Gasteiger partial charge is 0.310 e. The Labute approximate surface area is 93.0 Å². The summed E-state index contributed by atoms with van der Waals surface area (Å²) in [6.45, 7) is 3.15. The van der Waals surface area contributed by atoms with E-state index in [9.17, 15) is 8.42 Å². The Hall–Kier alpha value is -0.130. The maximum atomic E-state index is 11.2. The number of nitrogens with zero attached hydrogens (tertiary/aromatic N) is 1. The third kappa shape index (κ3) is 4.95. The summed E-state index contributed by atoms with van der Waals surface area (Å²) in [5, 5.41) is 3.38. The Bertz CT molecular complexity index is 288. The molecule has 0 aromatic heterocycles. The molecule has 0 radical (unpaired) electrons. The monoisotopic (exact) mass is 234 g/mol. The lowest BCUT2D eigenvalue weighted by Crippen LogP contribution is -2.38. The maximum absolute atomic E-state index is 11.2. The second-order valence-electron chi connectivity index (χ2n) is 4.76. The van der Waals surface area contributed by atoms with Gasteiger partial charge in [-0.25, -0.2) is 8.42 Å². The minimum atomic E-state index is -2.75. The minimum Gasteiger partial charge on any atom is -0.310 e. The molecule has 90 valence electrons. The van der Waals surface area contributed by atoms with Gasteiger partial charge < -0.3 is 10.2 Å². The van der Waals surface area contributed by atoms with Crippen LogP contribution in [0, 0.1) is 0 Å². The van der Waals surface area contributed by atoms with Gasteiger partial charge in [-0.05, 0) is 40.4 Å². The highest BCUT2D eigenvalue weighted by Crippen LogP contribution is 2.12. The molecule has 1 aliphatic heterocycles. The van der Waals surface area contributed by atoms with Crippen molar-refractivity contribution < 1.29 is 8.42 Å². The lowest BCUT2D eigenvalue weighted by molar-refractivity contribution is 0.354. The van der Waals surface area contributed by atoms with Crippen LogP contribution in [0.5, 0.6) is 0 Å². The van der Waals surface area contributed by atoms with Crippen molar-refractivity contribution in [1.29, 1.82) is 0 Å². The molecule has 5 heteroatoms. The van der Waals surface area contributed by atoms with Gasteiger partial charge in [0.15, 0.2) is 9.84 Å². The first kappa shape index (κ1) is 12.9. The predicted octanol–water partition coefficient (Wildman–Crippen LogP) is 0.103. The van der Waals surface area contributed by atoms with Crippen LogP contribution in [0.4, 0.5) is 0 Å². The van der Waals surface area contributed by atoms with Crippen LogP contribution in [-0.2, 0) is 9.84 Å². The predicted molar refractivity (Wildman–Crippen MR) is 62.8 cm³/mol. The van der Waals surface area contributed by atoms with Crippen LogP contribution in [0.25, 0.3) is 0 Å². The van der Waals surface area contributed by atoms with Gasteiger partial charge in [0.2, 0.25) is 0 Å². The molecule has 1 saturated heterocycles. The van der Waals surface area contributed by atoms with Gasteiger partial charge in [0.25, 0.3) is 0 Å². The van der Waals surface area contributed by atoms with E-state index in [4.69, 9.17) is 0 Å². The molecule has 2 atom stereocenters. The molecule has 1 heterocycles. The second kappa shape index (κ2) is 5.27. The molecule has 1 fully saturated rings. The zero-order valence-corrected chi connectivity index (χ0v) is 10.7. The van der Waals surface area contributed by atoms with Crippen LogP contribution in [0.15, 0.2) is 0 Å². The molecular weight excluding hydrogens is 212 g/mol. The van der Waals surface area contributed by atoms with Gasteiger partial charge in [-0.3, -0.25) is 0 Å². The van der Waals surface area contributed by atoms with E-state index < -0.39 is 9.84 Å². The Morgan fingerprint density at radius 2 is 2.13 bits per heavy atom. The summed E-state index contributed by atoms with van der Waals surface area (Å²) in [6.07, 6.45) is 1.83. The fraction of sp³-hybridized carbons (Fsp3) is 1.00. The zero-order chi connectivity index (χ0) is 11.5. The van der Waals surface area contributed by atoms with Crippen molar-refractivity contribution in [2.24, 2.45) is 0 Å². The number of nitrogens with one attached hydrogen (secondary N) is 1. The third-order valence-corrected chi connectivity index (χ3v) is 4.53. The van der Waals surface area contributed by atoms with Crippen LogP contribution < -0.4 is 5.32 Å². The minimum absolute atomic E-state index is 0.173. The highest BCUT2D eigenvalue weighted by molar-refractivity contribution is 7.91. The van der Waals surface area contributed by atoms with E-state index in [1.54, 1.807) is 0 Å². The van der Waals surface area contributed by atoms with Crippen molar-refractivity contribution in [3.63, 3.8) is 0 Å². The van der Waals surface area contributed by atoms with Gasteiger partial charge in [0.05, 0.1) is 11.5 Å². The van der Waals surface area contributed by atoms with Crippen molar-refractivity contribution in [2.45, 2.75) is 31.8 Å². The molecular formula is C10H22N2O2S. The van der Waals surface area contributed by atoms with Crippen LogP contribution in [0.2, 0.25) is 0 Å². The molecule has 1 rings (SSSR count). The number of hydrogen-bond acceptors (Lipinski definition) is 4. The number of sulfone groups is 1. The number of hydrogen-bond donors (Lipinski definition) is 1. The Kier molecular flexibility index (Phi) is 4.55. The Morgan fingerprint density at radius 1 is 1.47 bits per heavy atom. The third-order valence-electron chi connectivity index (χ3n) is 2.76. The molecule has 0 amide bonds. The first-order chi connectivity index (χ1) is 6.89. The summed E-state index contributed by atoms with van der Waals surface area (Å²) in [6, 6.07) is 0.567. The molecule has 0 aromatic carbocycles. The van der Waals surface area contributed by atoms with Crippen LogP contribution >= 0.6 is 0 Å². The van der Waals surface area contributed by atoms with Crippen LogP contribution in [-0.4, -0.2) is 57.5 Å². The van der Waals surface area contributed by atoms with Crippen molar-refractivity contribution in [3.05, 3.63) is 0 Å². The average molecular weight is 234 g/mol. The standard InChI is InChI=1S/C10H22N2O2S/c1-9(4-6-12(2)3)11-10-5-7-15(13,14)8-10/h9-11H,4-8H2,1-3H3. The highest BCUT2D eigenvalue weighted by Gasteiger charge is 2.28. The summed E-state index contributed by atoms with van der Waals surface area (Å²) in [5.74, 6) is 0.671. The van der Waals surface area contributed by atoms with Gasteiger partial charge in [-0.2, -0.15) is 0 Å². The summed E-state index contributed by atoms with van der Waals surface area (Å²) < 4.78 is 22.5. The molecule has 0 aromatic rings. The summed E-state index contributed by atoms with van der Waals surface area (Å²) in [5.41, 5.74) is 0. The number of rotatable bonds is 5. The second-order valence-corrected chi connectivity index (χ2v) is 6.99. The first-order valence-electron chi connectivity index (χ1n) is 5.50.